The van der Waals surface area contributed by atoms with Gasteiger partial charge in [-0.1, -0.05) is 66.7 Å². The predicted octanol–water partition coefficient (Wildman–Crippen LogP) is 7.60. The molecule has 0 saturated carbocycles. The molecule has 0 heterocycles. The first-order chi connectivity index (χ1) is 19.8. The van der Waals surface area contributed by atoms with Gasteiger partial charge in [-0.3, -0.25) is 19.7 Å². The fraction of sp³-hybridized carbons (Fsp3) is 0.548. The third-order valence-corrected chi connectivity index (χ3v) is 7.72. The van der Waals surface area contributed by atoms with Crippen molar-refractivity contribution < 1.29 is 37.6 Å². The highest BCUT2D eigenvalue weighted by Gasteiger charge is 2.34. The number of nitrogens with zero attached hydrogens (tertiary/aromatic N) is 1. The Kier molecular flexibility index (Phi) is 17.3. The zero-order valence-corrected chi connectivity index (χ0v) is 28.7. The first-order valence-electron chi connectivity index (χ1n) is 14.2. The molecule has 13 heteroatoms. The second-order valence-corrected chi connectivity index (χ2v) is 14.6. The Hall–Kier alpha value is -3.14. The molecule has 0 aliphatic heterocycles. The van der Waals surface area contributed by atoms with Crippen LogP contribution in [0.2, 0.25) is 0 Å². The van der Waals surface area contributed by atoms with Crippen LogP contribution in [-0.2, 0) is 23.6 Å². The molecule has 2 N–H and O–H groups in total. The minimum atomic E-state index is -3.85. The predicted molar refractivity (Wildman–Crippen MR) is 173 cm³/mol. The van der Waals surface area contributed by atoms with E-state index in [1.165, 1.54) is 24.3 Å². The van der Waals surface area contributed by atoms with Crippen molar-refractivity contribution in [1.29, 1.82) is 0 Å². The molecule has 248 valence electrons. The molecule has 0 aromatic heterocycles. The van der Waals surface area contributed by atoms with E-state index >= 15 is 0 Å². The maximum atomic E-state index is 13.5. The van der Waals surface area contributed by atoms with Gasteiger partial charge in [0.25, 0.3) is 5.69 Å². The number of carbonyl (C=O) groups excluding carboxylic acids is 2. The number of nitrogens with two attached hydrogens (primary N) is 1. The van der Waals surface area contributed by atoms with Crippen molar-refractivity contribution in [3.8, 4) is 11.5 Å². The Morgan fingerprint density at radius 2 is 1.25 bits per heavy atom. The van der Waals surface area contributed by atoms with Crippen molar-refractivity contribution in [3.63, 3.8) is 0 Å². The minimum absolute atomic E-state index is 0. The fourth-order valence-corrected chi connectivity index (χ4v) is 5.02. The lowest BCUT2D eigenvalue weighted by atomic mass is 9.93. The van der Waals surface area contributed by atoms with Crippen molar-refractivity contribution in [2.75, 3.05) is 19.4 Å². The molecular weight excluding hydrogens is 611 g/mol. The molecule has 0 spiro atoms. The summed E-state index contributed by atoms with van der Waals surface area (Å²) < 4.78 is 35.0. The maximum absolute atomic E-state index is 13.5. The fourth-order valence-electron chi connectivity index (χ4n) is 3.12. The van der Waals surface area contributed by atoms with Crippen LogP contribution in [0, 0.1) is 26.9 Å². The molecule has 0 fully saturated rings. The SMILES string of the molecule is C[C@H](CP(=O)(Oc1ccccc1)Oc1ccc([N+](=O)[O-])cc1)C(=O)OCCC(C)(C)C.C[C@H](N)C(=O)OCCC(C)(C)C.Cl. The highest BCUT2D eigenvalue weighted by atomic mass is 35.5. The molecule has 0 bridgehead atoms. The molecule has 0 aliphatic rings. The van der Waals surface area contributed by atoms with Crippen LogP contribution in [0.15, 0.2) is 54.6 Å². The zero-order chi connectivity index (χ0) is 32.8. The van der Waals surface area contributed by atoms with E-state index in [2.05, 4.69) is 20.8 Å². The van der Waals surface area contributed by atoms with Crippen LogP contribution in [0.4, 0.5) is 5.69 Å². The average molecular weight is 659 g/mol. The van der Waals surface area contributed by atoms with Crippen LogP contribution in [0.5, 0.6) is 11.5 Å². The first-order valence-corrected chi connectivity index (χ1v) is 15.9. The Bertz CT molecular complexity index is 1210. The van der Waals surface area contributed by atoms with Gasteiger partial charge in [0.2, 0.25) is 0 Å². The van der Waals surface area contributed by atoms with Crippen LogP contribution in [0.3, 0.4) is 0 Å². The first kappa shape index (κ1) is 40.9. The minimum Gasteiger partial charge on any atom is -0.465 e. The number of non-ortho nitro benzene ring substituents is 1. The molecule has 0 aliphatic carbocycles. The third kappa shape index (κ3) is 17.9. The lowest BCUT2D eigenvalue weighted by molar-refractivity contribution is -0.384. The van der Waals surface area contributed by atoms with Gasteiger partial charge in [-0.05, 0) is 54.9 Å². The molecule has 1 unspecified atom stereocenters. The quantitative estimate of drug-likeness (QED) is 0.0983. The summed E-state index contributed by atoms with van der Waals surface area (Å²) >= 11 is 0. The van der Waals surface area contributed by atoms with Crippen molar-refractivity contribution in [1.82, 2.24) is 0 Å². The monoisotopic (exact) mass is 658 g/mol. The van der Waals surface area contributed by atoms with Crippen LogP contribution >= 0.6 is 20.0 Å². The summed E-state index contributed by atoms with van der Waals surface area (Å²) in [5, 5.41) is 10.8. The van der Waals surface area contributed by atoms with E-state index in [0.717, 1.165) is 6.42 Å². The standard InChI is InChI=1S/C22H28NO7P.C9H19NO2.ClH/c1-17(21(24)28-15-14-22(2,3)4)16-31(27,29-19-8-6-5-7-9-19)30-20-12-10-18(11-13-20)23(25)26;1-7(10)8(11)12-6-5-9(2,3)4;/h5-13,17H,14-16H2,1-4H3;7H,5-6,10H2,1-4H3;1H/t17-,31?;7-;/m10./s1. The van der Waals surface area contributed by atoms with Crippen LogP contribution < -0.4 is 14.8 Å². The van der Waals surface area contributed by atoms with Gasteiger partial charge in [0.05, 0.1) is 30.2 Å². The van der Waals surface area contributed by atoms with Gasteiger partial charge in [-0.25, -0.2) is 4.57 Å². The Morgan fingerprint density at radius 3 is 1.66 bits per heavy atom. The molecule has 0 amide bonds. The van der Waals surface area contributed by atoms with Gasteiger partial charge in [0.15, 0.2) is 0 Å². The van der Waals surface area contributed by atoms with E-state index in [-0.39, 0.29) is 53.4 Å². The normalized spacial score (nSPS) is 13.8. The van der Waals surface area contributed by atoms with Gasteiger partial charge in [-0.2, -0.15) is 0 Å². The van der Waals surface area contributed by atoms with Crippen LogP contribution in [0.25, 0.3) is 0 Å². The molecular formula is C31H48ClN2O9P. The lowest BCUT2D eigenvalue weighted by Gasteiger charge is -2.23. The Morgan fingerprint density at radius 1 is 0.818 bits per heavy atom. The number of rotatable bonds is 13. The molecule has 0 radical (unpaired) electrons. The third-order valence-electron chi connectivity index (χ3n) is 5.74. The number of nitro groups is 1. The number of hydrogen-bond donors (Lipinski definition) is 1. The molecule has 2 aromatic carbocycles. The van der Waals surface area contributed by atoms with E-state index in [1.807, 2.05) is 20.8 Å². The van der Waals surface area contributed by atoms with Gasteiger partial charge < -0.3 is 24.3 Å². The zero-order valence-electron chi connectivity index (χ0n) is 26.9. The number of para-hydroxylation sites is 1. The van der Waals surface area contributed by atoms with Crippen molar-refractivity contribution in [3.05, 3.63) is 64.7 Å². The molecule has 44 heavy (non-hydrogen) atoms. The molecule has 0 saturated heterocycles. The molecule has 2 aromatic rings. The van der Waals surface area contributed by atoms with Crippen LogP contribution in [0.1, 0.15) is 68.2 Å². The second-order valence-electron chi connectivity index (χ2n) is 12.7. The number of nitro benzene ring substituents is 1. The topological polar surface area (TPSA) is 157 Å². The molecule has 11 nitrogen and oxygen atoms in total. The van der Waals surface area contributed by atoms with Gasteiger partial charge in [0.1, 0.15) is 17.5 Å². The number of hydrogen-bond acceptors (Lipinski definition) is 10. The number of halogens is 1. The summed E-state index contributed by atoms with van der Waals surface area (Å²) in [7, 11) is -3.85. The molecule has 2 rings (SSSR count). The summed E-state index contributed by atoms with van der Waals surface area (Å²) in [5.41, 5.74) is 5.42. The highest BCUT2D eigenvalue weighted by Crippen LogP contribution is 2.50. The van der Waals surface area contributed by atoms with E-state index in [1.54, 1.807) is 44.2 Å². The van der Waals surface area contributed by atoms with Gasteiger partial charge in [-0.15, -0.1) is 12.4 Å². The second kappa shape index (κ2) is 18.6. The summed E-state index contributed by atoms with van der Waals surface area (Å²) in [5.74, 6) is -1.10. The van der Waals surface area contributed by atoms with Gasteiger partial charge in [0, 0.05) is 12.1 Å². The van der Waals surface area contributed by atoms with Gasteiger partial charge >= 0.3 is 19.5 Å². The summed E-state index contributed by atoms with van der Waals surface area (Å²) in [6, 6.07) is 13.1. The Labute approximate surface area is 267 Å². The Balaban J connectivity index is 0.00000121. The van der Waals surface area contributed by atoms with Crippen molar-refractivity contribution in [2.24, 2.45) is 22.5 Å². The summed E-state index contributed by atoms with van der Waals surface area (Å²) in [4.78, 5) is 33.6. The lowest BCUT2D eigenvalue weighted by Crippen LogP contribution is -2.29. The number of esters is 2. The largest absolute Gasteiger partial charge is 0.465 e. The maximum Gasteiger partial charge on any atom is 0.431 e. The molecule has 3 atom stereocenters. The summed E-state index contributed by atoms with van der Waals surface area (Å²) in [6.45, 7) is 16.4. The van der Waals surface area contributed by atoms with Crippen molar-refractivity contribution in [2.45, 2.75) is 74.3 Å². The highest BCUT2D eigenvalue weighted by molar-refractivity contribution is 7.54. The smallest absolute Gasteiger partial charge is 0.431 e. The average Bonchev–Trinajstić information content (AvgIpc) is 2.88. The van der Waals surface area contributed by atoms with Crippen LogP contribution in [-0.4, -0.2) is 42.3 Å². The number of benzene rings is 2. The number of ether oxygens (including phenoxy) is 2. The van der Waals surface area contributed by atoms with E-state index in [0.29, 0.717) is 18.8 Å². The number of carbonyl (C=O) groups is 2. The van der Waals surface area contributed by atoms with E-state index < -0.39 is 30.4 Å². The van der Waals surface area contributed by atoms with Crippen molar-refractivity contribution >= 4 is 37.6 Å². The summed E-state index contributed by atoms with van der Waals surface area (Å²) in [6.07, 6.45) is 1.35. The van der Waals surface area contributed by atoms with E-state index in [4.69, 9.17) is 24.3 Å². The van der Waals surface area contributed by atoms with E-state index in [9.17, 15) is 24.3 Å².